The fourth-order valence-electron chi connectivity index (χ4n) is 1.74. The highest BCUT2D eigenvalue weighted by atomic mass is 127. The first-order valence-corrected chi connectivity index (χ1v) is 8.77. The Balaban J connectivity index is 1.98. The second-order valence-corrected chi connectivity index (χ2v) is 6.55. The summed E-state index contributed by atoms with van der Waals surface area (Å²) in [6, 6.07) is 13.5. The maximum absolute atomic E-state index is 9.94. The molecule has 0 bridgehead atoms. The zero-order chi connectivity index (χ0) is 16.7. The first-order valence-electron chi connectivity index (χ1n) is 6.70. The first-order chi connectivity index (χ1) is 11.1. The number of halogens is 1. The predicted molar refractivity (Wildman–Crippen MR) is 104 cm³/mol. The summed E-state index contributed by atoms with van der Waals surface area (Å²) in [5.74, 6) is 1.26. The number of aromatic hydroxyl groups is 1. The summed E-state index contributed by atoms with van der Waals surface area (Å²) >= 11 is 3.45. The highest BCUT2D eigenvalue weighted by Gasteiger charge is 2.09. The predicted octanol–water partition coefficient (Wildman–Crippen LogP) is 3.59. The molecule has 0 saturated carbocycles. The quantitative estimate of drug-likeness (QED) is 0.322. The number of hydrogen-bond acceptors (Lipinski definition) is 5. The third-order valence-corrected chi connectivity index (χ3v) is 4.90. The molecule has 0 amide bonds. The molecule has 23 heavy (non-hydrogen) atoms. The van der Waals surface area contributed by atoms with Crippen LogP contribution in [0.4, 0.5) is 0 Å². The van der Waals surface area contributed by atoms with Crippen LogP contribution >= 0.6 is 34.4 Å². The van der Waals surface area contributed by atoms with E-state index in [9.17, 15) is 5.11 Å². The van der Waals surface area contributed by atoms with Crippen molar-refractivity contribution < 1.29 is 9.84 Å². The molecule has 0 heterocycles. The number of phenolic OH excluding ortho intramolecular Hbond substituents is 1. The molecule has 2 aromatic rings. The van der Waals surface area contributed by atoms with Gasteiger partial charge in [-0.2, -0.15) is 5.10 Å². The van der Waals surface area contributed by atoms with Crippen LogP contribution in [0.1, 0.15) is 11.1 Å². The molecule has 0 aliphatic carbocycles. The Morgan fingerprint density at radius 2 is 2.04 bits per heavy atom. The molecule has 3 N–H and O–H groups in total. The number of thioether (sulfide) groups is 1. The number of hydrogen-bond donors (Lipinski definition) is 2. The van der Waals surface area contributed by atoms with Gasteiger partial charge in [0.25, 0.3) is 0 Å². The molecule has 0 unspecified atom stereocenters. The lowest BCUT2D eigenvalue weighted by atomic mass is 10.2. The van der Waals surface area contributed by atoms with Gasteiger partial charge in [-0.1, -0.05) is 42.1 Å². The van der Waals surface area contributed by atoms with Crippen molar-refractivity contribution in [1.82, 2.24) is 0 Å². The SMILES string of the molecule is COc1ccc(C=NN=C(N)SCc2ccccc2)c(I)c1O. The van der Waals surface area contributed by atoms with Crippen molar-refractivity contribution in [2.45, 2.75) is 5.75 Å². The summed E-state index contributed by atoms with van der Waals surface area (Å²) in [5.41, 5.74) is 7.75. The highest BCUT2D eigenvalue weighted by Crippen LogP contribution is 2.32. The summed E-state index contributed by atoms with van der Waals surface area (Å²) < 4.78 is 5.70. The molecular weight excluding hydrogens is 425 g/mol. The van der Waals surface area contributed by atoms with E-state index < -0.39 is 0 Å². The normalized spacial score (nSPS) is 11.8. The topological polar surface area (TPSA) is 80.2 Å². The van der Waals surface area contributed by atoms with Crippen LogP contribution < -0.4 is 10.5 Å². The number of rotatable bonds is 5. The van der Waals surface area contributed by atoms with E-state index in [4.69, 9.17) is 10.5 Å². The summed E-state index contributed by atoms with van der Waals surface area (Å²) in [5, 5.41) is 18.3. The monoisotopic (exact) mass is 441 g/mol. The minimum atomic E-state index is 0.0902. The van der Waals surface area contributed by atoms with Crippen LogP contribution in [0.25, 0.3) is 0 Å². The summed E-state index contributed by atoms with van der Waals surface area (Å²) in [6.07, 6.45) is 1.55. The first kappa shape index (κ1) is 17.6. The Labute approximate surface area is 152 Å². The number of benzene rings is 2. The molecule has 2 rings (SSSR count). The maximum Gasteiger partial charge on any atom is 0.180 e. The zero-order valence-electron chi connectivity index (χ0n) is 12.4. The lowest BCUT2D eigenvalue weighted by Gasteiger charge is -2.06. The fourth-order valence-corrected chi connectivity index (χ4v) is 2.93. The molecule has 0 saturated heterocycles. The van der Waals surface area contributed by atoms with Crippen LogP contribution in [0.2, 0.25) is 0 Å². The van der Waals surface area contributed by atoms with Gasteiger partial charge >= 0.3 is 0 Å². The van der Waals surface area contributed by atoms with Crippen LogP contribution in [-0.4, -0.2) is 23.6 Å². The van der Waals surface area contributed by atoms with Crippen LogP contribution in [0.5, 0.6) is 11.5 Å². The van der Waals surface area contributed by atoms with Gasteiger partial charge in [0.2, 0.25) is 0 Å². The van der Waals surface area contributed by atoms with Gasteiger partial charge in [-0.3, -0.25) is 0 Å². The standard InChI is InChI=1S/C16H16IN3O2S/c1-22-13-8-7-12(14(17)15(13)21)9-19-20-16(18)23-10-11-5-3-2-4-6-11/h2-9,21H,10H2,1H3,(H2,18,20). The molecule has 0 aromatic heterocycles. The van der Waals surface area contributed by atoms with Crippen molar-refractivity contribution in [3.8, 4) is 11.5 Å². The second-order valence-electron chi connectivity index (χ2n) is 4.48. The van der Waals surface area contributed by atoms with Crippen molar-refractivity contribution >= 4 is 45.7 Å². The average molecular weight is 441 g/mol. The van der Waals surface area contributed by atoms with E-state index in [-0.39, 0.29) is 5.75 Å². The molecule has 0 fully saturated rings. The molecule has 7 heteroatoms. The van der Waals surface area contributed by atoms with Gasteiger partial charge in [0.05, 0.1) is 16.9 Å². The third-order valence-electron chi connectivity index (χ3n) is 2.91. The second kappa shape index (κ2) is 8.78. The van der Waals surface area contributed by atoms with Crippen LogP contribution in [-0.2, 0) is 5.75 Å². The van der Waals surface area contributed by atoms with Gasteiger partial charge in [-0.15, -0.1) is 5.10 Å². The molecule has 0 aliphatic rings. The van der Waals surface area contributed by atoms with Gasteiger partial charge in [0, 0.05) is 11.3 Å². The van der Waals surface area contributed by atoms with E-state index in [0.717, 1.165) is 11.3 Å². The number of nitrogens with zero attached hydrogens (tertiary/aromatic N) is 2. The van der Waals surface area contributed by atoms with E-state index in [1.54, 1.807) is 18.3 Å². The maximum atomic E-state index is 9.94. The number of ether oxygens (including phenoxy) is 1. The molecular formula is C16H16IN3O2S. The van der Waals surface area contributed by atoms with Gasteiger partial charge in [0.1, 0.15) is 0 Å². The number of amidine groups is 1. The van der Waals surface area contributed by atoms with E-state index in [1.165, 1.54) is 24.4 Å². The molecule has 120 valence electrons. The van der Waals surface area contributed by atoms with Crippen molar-refractivity contribution in [1.29, 1.82) is 0 Å². The lowest BCUT2D eigenvalue weighted by Crippen LogP contribution is -2.06. The minimum Gasteiger partial charge on any atom is -0.504 e. The summed E-state index contributed by atoms with van der Waals surface area (Å²) in [4.78, 5) is 0. The molecule has 0 atom stereocenters. The lowest BCUT2D eigenvalue weighted by molar-refractivity contribution is 0.371. The number of nitrogens with two attached hydrogens (primary N) is 1. The minimum absolute atomic E-state index is 0.0902. The molecule has 0 aliphatic heterocycles. The van der Waals surface area contributed by atoms with Crippen LogP contribution in [0, 0.1) is 3.57 Å². The Hall–Kier alpha value is -1.74. The fraction of sp³-hybridized carbons (Fsp3) is 0.125. The van der Waals surface area contributed by atoms with E-state index in [1.807, 2.05) is 52.9 Å². The van der Waals surface area contributed by atoms with Crippen LogP contribution in [0.15, 0.2) is 52.7 Å². The summed E-state index contributed by atoms with van der Waals surface area (Å²) in [6.45, 7) is 0. The van der Waals surface area contributed by atoms with Crippen molar-refractivity contribution in [2.75, 3.05) is 7.11 Å². The van der Waals surface area contributed by atoms with E-state index in [2.05, 4.69) is 10.2 Å². The Morgan fingerprint density at radius 1 is 1.30 bits per heavy atom. The van der Waals surface area contributed by atoms with Gasteiger partial charge in [-0.25, -0.2) is 0 Å². The van der Waals surface area contributed by atoms with Gasteiger partial charge < -0.3 is 15.6 Å². The Bertz CT molecular complexity index is 721. The summed E-state index contributed by atoms with van der Waals surface area (Å²) in [7, 11) is 1.51. The molecule has 5 nitrogen and oxygen atoms in total. The van der Waals surface area contributed by atoms with Gasteiger partial charge in [-0.05, 0) is 40.3 Å². The molecule has 2 aromatic carbocycles. The van der Waals surface area contributed by atoms with Crippen molar-refractivity contribution in [3.63, 3.8) is 0 Å². The van der Waals surface area contributed by atoms with E-state index >= 15 is 0 Å². The van der Waals surface area contributed by atoms with Crippen molar-refractivity contribution in [3.05, 3.63) is 57.2 Å². The Morgan fingerprint density at radius 3 is 2.74 bits per heavy atom. The molecule has 0 spiro atoms. The Kier molecular flexibility index (Phi) is 6.72. The number of phenols is 1. The van der Waals surface area contributed by atoms with Crippen molar-refractivity contribution in [2.24, 2.45) is 15.9 Å². The third kappa shape index (κ3) is 5.14. The zero-order valence-corrected chi connectivity index (χ0v) is 15.4. The van der Waals surface area contributed by atoms with Gasteiger partial charge in [0.15, 0.2) is 16.7 Å². The number of methoxy groups -OCH3 is 1. The smallest absolute Gasteiger partial charge is 0.180 e. The average Bonchev–Trinajstić information content (AvgIpc) is 2.58. The molecule has 0 radical (unpaired) electrons. The van der Waals surface area contributed by atoms with Crippen LogP contribution in [0.3, 0.4) is 0 Å². The largest absolute Gasteiger partial charge is 0.504 e. The highest BCUT2D eigenvalue weighted by molar-refractivity contribution is 14.1. The van der Waals surface area contributed by atoms with E-state index in [0.29, 0.717) is 14.5 Å².